The van der Waals surface area contributed by atoms with E-state index in [4.69, 9.17) is 0 Å². The largest absolute Gasteiger partial charge is 0.322 e. The van der Waals surface area contributed by atoms with Gasteiger partial charge in [0.1, 0.15) is 0 Å². The van der Waals surface area contributed by atoms with Crippen LogP contribution in [-0.4, -0.2) is 16.5 Å². The molecule has 0 bridgehead atoms. The van der Waals surface area contributed by atoms with Gasteiger partial charge in [-0.3, -0.25) is 0 Å². The highest BCUT2D eigenvalue weighted by atomic mass is 16.2. The van der Waals surface area contributed by atoms with Crippen molar-refractivity contribution in [3.05, 3.63) is 29.8 Å². The van der Waals surface area contributed by atoms with Crippen molar-refractivity contribution in [1.82, 2.24) is 4.90 Å². The molecule has 1 heterocycles. The van der Waals surface area contributed by atoms with Gasteiger partial charge in [-0.05, 0) is 32.4 Å². The molecule has 0 fully saturated rings. The topological polar surface area (TPSA) is 32.3 Å². The van der Waals surface area contributed by atoms with Gasteiger partial charge in [0.05, 0.1) is 0 Å². The molecule has 2 amide bonds. The van der Waals surface area contributed by atoms with E-state index in [1.165, 1.54) is 5.56 Å². The summed E-state index contributed by atoms with van der Waals surface area (Å²) in [6.45, 7) is 10.8. The van der Waals surface area contributed by atoms with Gasteiger partial charge in [-0.25, -0.2) is 4.79 Å². The summed E-state index contributed by atoms with van der Waals surface area (Å²) in [5, 5.41) is 2.90. The summed E-state index contributed by atoms with van der Waals surface area (Å²) in [4.78, 5) is 13.7. The van der Waals surface area contributed by atoms with Crippen LogP contribution in [0.5, 0.6) is 0 Å². The first-order chi connectivity index (χ1) is 7.98. The molecule has 0 unspecified atom stereocenters. The Bertz CT molecular complexity index is 393. The molecule has 1 aromatic rings. The van der Waals surface area contributed by atoms with E-state index < -0.39 is 0 Å². The van der Waals surface area contributed by atoms with Crippen molar-refractivity contribution >= 4 is 11.7 Å². The predicted octanol–water partition coefficient (Wildman–Crippen LogP) is 3.86. The van der Waals surface area contributed by atoms with Gasteiger partial charge < -0.3 is 10.2 Å². The number of rotatable bonds is 0. The quantitative estimate of drug-likeness (QED) is 0.726. The Morgan fingerprint density at radius 2 is 1.76 bits per heavy atom. The van der Waals surface area contributed by atoms with E-state index in [1.54, 1.807) is 0 Å². The lowest BCUT2D eigenvalue weighted by atomic mass is 10.0. The Hall–Kier alpha value is -1.51. The lowest BCUT2D eigenvalue weighted by Gasteiger charge is -2.39. The molecule has 0 radical (unpaired) electrons. The number of hydrogen-bond acceptors (Lipinski definition) is 1. The molecule has 0 aromatic heterocycles. The third kappa shape index (κ3) is 2.99. The van der Waals surface area contributed by atoms with Crippen LogP contribution >= 0.6 is 0 Å². The van der Waals surface area contributed by atoms with E-state index in [0.29, 0.717) is 6.54 Å². The van der Waals surface area contributed by atoms with E-state index >= 15 is 0 Å². The third-order valence-electron chi connectivity index (χ3n) is 2.64. The number of benzene rings is 1. The molecule has 17 heavy (non-hydrogen) atoms. The van der Waals surface area contributed by atoms with E-state index in [9.17, 15) is 4.79 Å². The number of nitrogens with one attached hydrogen (secondary N) is 1. The molecule has 94 valence electrons. The van der Waals surface area contributed by atoms with E-state index in [-0.39, 0.29) is 11.6 Å². The molecule has 1 aromatic carbocycles. The molecule has 2 rings (SSSR count). The van der Waals surface area contributed by atoms with Crippen LogP contribution < -0.4 is 5.32 Å². The summed E-state index contributed by atoms with van der Waals surface area (Å²) in [5.41, 5.74) is 1.97. The van der Waals surface area contributed by atoms with Gasteiger partial charge in [-0.1, -0.05) is 32.0 Å². The number of hydrogen-bond donors (Lipinski definition) is 1. The van der Waals surface area contributed by atoms with E-state index in [0.717, 1.165) is 5.69 Å². The van der Waals surface area contributed by atoms with Gasteiger partial charge in [0, 0.05) is 17.8 Å². The lowest BCUT2D eigenvalue weighted by molar-refractivity contribution is 0.149. The Morgan fingerprint density at radius 1 is 1.18 bits per heavy atom. The third-order valence-corrected chi connectivity index (χ3v) is 2.64. The van der Waals surface area contributed by atoms with Gasteiger partial charge in [0.15, 0.2) is 0 Å². The van der Waals surface area contributed by atoms with Crippen LogP contribution in [0.4, 0.5) is 10.5 Å². The van der Waals surface area contributed by atoms with Crippen molar-refractivity contribution in [3.63, 3.8) is 0 Å². The molecular weight excluding hydrogens is 212 g/mol. The first-order valence-electron chi connectivity index (χ1n) is 6.15. The molecule has 0 aliphatic carbocycles. The SMILES string of the molecule is CC.CC(C)(C)N1Cc2ccccc2NC1=O. The van der Waals surface area contributed by atoms with Crippen LogP contribution in [0.2, 0.25) is 0 Å². The molecule has 0 atom stereocenters. The summed E-state index contributed by atoms with van der Waals surface area (Å²) in [6.07, 6.45) is 0. The van der Waals surface area contributed by atoms with Gasteiger partial charge in [0.2, 0.25) is 0 Å². The van der Waals surface area contributed by atoms with E-state index in [1.807, 2.05) is 63.8 Å². The van der Waals surface area contributed by atoms with Crippen molar-refractivity contribution in [2.24, 2.45) is 0 Å². The number of nitrogens with zero attached hydrogens (tertiary/aromatic N) is 1. The Labute approximate surface area is 104 Å². The fraction of sp³-hybridized carbons (Fsp3) is 0.500. The lowest BCUT2D eigenvalue weighted by Crippen LogP contribution is -2.49. The highest BCUT2D eigenvalue weighted by Crippen LogP contribution is 2.27. The molecule has 3 heteroatoms. The van der Waals surface area contributed by atoms with Crippen molar-refractivity contribution in [2.45, 2.75) is 46.7 Å². The summed E-state index contributed by atoms with van der Waals surface area (Å²) in [7, 11) is 0. The number of anilines is 1. The zero-order valence-corrected chi connectivity index (χ0v) is 11.4. The highest BCUT2D eigenvalue weighted by Gasteiger charge is 2.30. The summed E-state index contributed by atoms with van der Waals surface area (Å²) in [6, 6.07) is 7.91. The zero-order chi connectivity index (χ0) is 13.1. The fourth-order valence-corrected chi connectivity index (χ4v) is 1.75. The molecule has 0 saturated carbocycles. The molecule has 0 saturated heterocycles. The minimum Gasteiger partial charge on any atom is -0.315 e. The Balaban J connectivity index is 0.000000686. The average Bonchev–Trinajstić information content (AvgIpc) is 2.29. The van der Waals surface area contributed by atoms with Crippen LogP contribution in [0.1, 0.15) is 40.2 Å². The standard InChI is InChI=1S/C12H16N2O.C2H6/c1-12(2,3)14-8-9-6-4-5-7-10(9)13-11(14)15;1-2/h4-7H,8H2,1-3H3,(H,13,15);1-2H3. The smallest absolute Gasteiger partial charge is 0.315 e. The summed E-state index contributed by atoms with van der Waals surface area (Å²) >= 11 is 0. The number of amides is 2. The number of para-hydroxylation sites is 1. The van der Waals surface area contributed by atoms with Crippen molar-refractivity contribution in [2.75, 3.05) is 5.32 Å². The van der Waals surface area contributed by atoms with E-state index in [2.05, 4.69) is 5.32 Å². The number of carbonyl (C=O) groups is 1. The van der Waals surface area contributed by atoms with Crippen LogP contribution in [0, 0.1) is 0 Å². The normalized spacial score (nSPS) is 14.4. The van der Waals surface area contributed by atoms with Gasteiger partial charge >= 0.3 is 6.03 Å². The minimum atomic E-state index is -0.141. The Kier molecular flexibility index (Phi) is 4.16. The molecular formula is C14H22N2O. The molecule has 1 N–H and O–H groups in total. The van der Waals surface area contributed by atoms with Gasteiger partial charge in [-0.2, -0.15) is 0 Å². The fourth-order valence-electron chi connectivity index (χ4n) is 1.75. The molecule has 1 aliphatic rings. The van der Waals surface area contributed by atoms with Crippen LogP contribution in [0.15, 0.2) is 24.3 Å². The number of carbonyl (C=O) groups excluding carboxylic acids is 1. The predicted molar refractivity (Wildman–Crippen MR) is 72.1 cm³/mol. The van der Waals surface area contributed by atoms with Crippen molar-refractivity contribution in [3.8, 4) is 0 Å². The molecule has 3 nitrogen and oxygen atoms in total. The van der Waals surface area contributed by atoms with Crippen LogP contribution in [0.3, 0.4) is 0 Å². The maximum atomic E-state index is 11.8. The van der Waals surface area contributed by atoms with Crippen molar-refractivity contribution < 1.29 is 4.79 Å². The van der Waals surface area contributed by atoms with Crippen LogP contribution in [-0.2, 0) is 6.54 Å². The molecule has 0 spiro atoms. The first-order valence-corrected chi connectivity index (χ1v) is 6.15. The summed E-state index contributed by atoms with van der Waals surface area (Å²) < 4.78 is 0. The zero-order valence-electron chi connectivity index (χ0n) is 11.4. The maximum absolute atomic E-state index is 11.8. The second-order valence-corrected chi connectivity index (χ2v) is 4.84. The number of fused-ring (bicyclic) bond motifs is 1. The number of urea groups is 1. The van der Waals surface area contributed by atoms with Crippen LogP contribution in [0.25, 0.3) is 0 Å². The molecule has 1 aliphatic heterocycles. The van der Waals surface area contributed by atoms with Gasteiger partial charge in [-0.15, -0.1) is 0 Å². The Morgan fingerprint density at radius 3 is 2.35 bits per heavy atom. The first kappa shape index (κ1) is 13.6. The monoisotopic (exact) mass is 234 g/mol. The summed E-state index contributed by atoms with van der Waals surface area (Å²) in [5.74, 6) is 0. The van der Waals surface area contributed by atoms with Crippen molar-refractivity contribution in [1.29, 1.82) is 0 Å². The second-order valence-electron chi connectivity index (χ2n) is 4.84. The average molecular weight is 234 g/mol. The van der Waals surface area contributed by atoms with Gasteiger partial charge in [0.25, 0.3) is 0 Å². The highest BCUT2D eigenvalue weighted by molar-refractivity contribution is 5.92. The maximum Gasteiger partial charge on any atom is 0.322 e. The second kappa shape index (κ2) is 5.21. The minimum absolute atomic E-state index is 0.0128.